The van der Waals surface area contributed by atoms with E-state index in [-0.39, 0.29) is 17.8 Å². The summed E-state index contributed by atoms with van der Waals surface area (Å²) >= 11 is 0. The summed E-state index contributed by atoms with van der Waals surface area (Å²) in [7, 11) is 0. The number of alkyl carbamates (subject to hydrolysis) is 1. The smallest absolute Gasteiger partial charge is 0.407 e. The van der Waals surface area contributed by atoms with Crippen molar-refractivity contribution in [1.29, 1.82) is 5.41 Å². The normalized spacial score (nSPS) is 19.1. The maximum absolute atomic E-state index is 12.7. The molecule has 0 spiro atoms. The molecule has 10 nitrogen and oxygen atoms in total. The van der Waals surface area contributed by atoms with E-state index in [9.17, 15) is 9.59 Å². The van der Waals surface area contributed by atoms with Gasteiger partial charge in [0.2, 0.25) is 12.2 Å². The number of anilines is 1. The topological polar surface area (TPSA) is 150 Å². The van der Waals surface area contributed by atoms with Crippen molar-refractivity contribution in [3.63, 3.8) is 0 Å². The largest absolute Gasteiger partial charge is 0.444 e. The molecular formula is C21H32N7O3+. The number of nitrogens with two attached hydrogens (primary N) is 1. The monoisotopic (exact) mass is 430 g/mol. The zero-order valence-electron chi connectivity index (χ0n) is 18.3. The lowest BCUT2D eigenvalue weighted by Crippen LogP contribution is -2.39. The van der Waals surface area contributed by atoms with Crippen LogP contribution in [0, 0.1) is 17.2 Å². The molecule has 31 heavy (non-hydrogen) atoms. The van der Waals surface area contributed by atoms with Crippen molar-refractivity contribution in [2.45, 2.75) is 52.1 Å². The zero-order valence-corrected chi connectivity index (χ0v) is 18.3. The molecule has 3 rings (SSSR count). The van der Waals surface area contributed by atoms with Crippen LogP contribution in [-0.4, -0.2) is 47.0 Å². The maximum Gasteiger partial charge on any atom is 0.407 e. The Bertz CT molecular complexity index is 956. The van der Waals surface area contributed by atoms with Crippen molar-refractivity contribution in [1.82, 2.24) is 20.6 Å². The molecular weight excluding hydrogens is 398 g/mol. The van der Waals surface area contributed by atoms with Gasteiger partial charge in [0, 0.05) is 19.3 Å². The van der Waals surface area contributed by atoms with Gasteiger partial charge in [0.15, 0.2) is 11.2 Å². The Morgan fingerprint density at radius 1 is 1.26 bits per heavy atom. The molecule has 6 N–H and O–H groups in total. The van der Waals surface area contributed by atoms with Gasteiger partial charge >= 0.3 is 6.09 Å². The Morgan fingerprint density at radius 3 is 2.45 bits per heavy atom. The third-order valence-electron chi connectivity index (χ3n) is 5.50. The number of fused-ring (bicyclic) bond motifs is 1. The summed E-state index contributed by atoms with van der Waals surface area (Å²) in [6, 6.07) is 0. The van der Waals surface area contributed by atoms with Crippen LogP contribution >= 0.6 is 0 Å². The molecule has 0 radical (unpaired) electrons. The average molecular weight is 431 g/mol. The quantitative estimate of drug-likeness (QED) is 0.270. The maximum atomic E-state index is 12.7. The van der Waals surface area contributed by atoms with E-state index >= 15 is 0 Å². The molecule has 1 aliphatic carbocycles. The van der Waals surface area contributed by atoms with Gasteiger partial charge in [0.05, 0.1) is 5.56 Å². The summed E-state index contributed by atoms with van der Waals surface area (Å²) in [6.45, 7) is 6.73. The lowest BCUT2D eigenvalue weighted by Gasteiger charge is -2.29. The molecule has 0 atom stereocenters. The highest BCUT2D eigenvalue weighted by molar-refractivity contribution is 6.03. The summed E-state index contributed by atoms with van der Waals surface area (Å²) in [6.07, 6.45) is 7.70. The number of nitrogen functional groups attached to an aromatic ring is 1. The van der Waals surface area contributed by atoms with Gasteiger partial charge in [-0.3, -0.25) is 4.79 Å². The highest BCUT2D eigenvalue weighted by atomic mass is 16.6. The van der Waals surface area contributed by atoms with Gasteiger partial charge in [-0.05, 0) is 58.3 Å². The fourth-order valence-electron chi connectivity index (χ4n) is 3.90. The third-order valence-corrected chi connectivity index (χ3v) is 5.50. The summed E-state index contributed by atoms with van der Waals surface area (Å²) in [4.78, 5) is 31.7. The minimum Gasteiger partial charge on any atom is -0.444 e. The Morgan fingerprint density at radius 2 is 1.87 bits per heavy atom. The van der Waals surface area contributed by atoms with Crippen LogP contribution in [0.3, 0.4) is 0 Å². The van der Waals surface area contributed by atoms with E-state index in [4.69, 9.17) is 15.9 Å². The summed E-state index contributed by atoms with van der Waals surface area (Å²) in [5.74, 6) is 0.885. The van der Waals surface area contributed by atoms with Crippen LogP contribution in [0.25, 0.3) is 11.2 Å². The fraction of sp³-hybridized carbons (Fsp3) is 0.571. The van der Waals surface area contributed by atoms with E-state index in [1.54, 1.807) is 6.20 Å². The van der Waals surface area contributed by atoms with E-state index in [0.717, 1.165) is 32.0 Å². The number of aromatic nitrogens is 3. The molecule has 1 saturated carbocycles. The van der Waals surface area contributed by atoms with Crippen molar-refractivity contribution in [3.05, 3.63) is 18.0 Å². The Kier molecular flexibility index (Phi) is 6.77. The summed E-state index contributed by atoms with van der Waals surface area (Å²) < 4.78 is 6.70. The SMILES string of the molecule is CC(C)(C)OC(=O)NCC1CCC(CNC(=O)c2c[nH]c3ncc(N)[n+](C=N)c23)CC1. The Balaban J connectivity index is 1.48. The van der Waals surface area contributed by atoms with E-state index in [2.05, 4.69) is 20.6 Å². The molecule has 2 aromatic heterocycles. The first-order valence-electron chi connectivity index (χ1n) is 10.6. The Labute approximate surface area is 181 Å². The molecule has 0 saturated heterocycles. The van der Waals surface area contributed by atoms with Crippen LogP contribution < -0.4 is 20.9 Å². The average Bonchev–Trinajstić information content (AvgIpc) is 3.14. The molecule has 2 amide bonds. The van der Waals surface area contributed by atoms with Gasteiger partial charge in [0.25, 0.3) is 5.91 Å². The number of hydrogen-bond acceptors (Lipinski definition) is 6. The predicted octanol–water partition coefficient (Wildman–Crippen LogP) is 1.95. The second-order valence-corrected chi connectivity index (χ2v) is 9.06. The van der Waals surface area contributed by atoms with Crippen LogP contribution in [0.5, 0.6) is 0 Å². The standard InChI is InChI=1S/C21H31N7O3/c1-21(2,3)31-20(30)27-9-14-6-4-13(5-7-14)8-26-19(29)15-10-24-18-17(15)28(12-22)16(23)11-25-18/h10-14,22H,4-9H2,1-3H3,(H4,23,24,26,27,29,30)/p+1. The molecule has 0 unspecified atom stereocenters. The molecule has 0 aromatic carbocycles. The lowest BCUT2D eigenvalue weighted by atomic mass is 9.82. The number of carbonyl (C=O) groups is 2. The number of nitrogens with zero attached hydrogens (tertiary/aromatic N) is 2. The van der Waals surface area contributed by atoms with Crippen LogP contribution in [0.2, 0.25) is 0 Å². The number of hydrogen-bond donors (Lipinski definition) is 5. The molecule has 2 aromatic rings. The first-order valence-corrected chi connectivity index (χ1v) is 10.6. The first-order chi connectivity index (χ1) is 14.7. The minimum absolute atomic E-state index is 0.219. The number of amides is 2. The van der Waals surface area contributed by atoms with E-state index < -0.39 is 5.60 Å². The van der Waals surface area contributed by atoms with Gasteiger partial charge in [-0.1, -0.05) is 0 Å². The van der Waals surface area contributed by atoms with Gasteiger partial charge in [-0.15, -0.1) is 0 Å². The number of carbonyl (C=O) groups excluding carboxylic acids is 2. The van der Waals surface area contributed by atoms with E-state index in [1.165, 1.54) is 10.8 Å². The van der Waals surface area contributed by atoms with Gasteiger partial charge in [-0.25, -0.2) is 9.78 Å². The highest BCUT2D eigenvalue weighted by Crippen LogP contribution is 2.28. The lowest BCUT2D eigenvalue weighted by molar-refractivity contribution is -0.501. The van der Waals surface area contributed by atoms with Crippen LogP contribution in [0.1, 0.15) is 56.8 Å². The van der Waals surface area contributed by atoms with Gasteiger partial charge in [-0.2, -0.15) is 9.98 Å². The zero-order chi connectivity index (χ0) is 22.6. The molecule has 10 heteroatoms. The number of nitrogens with one attached hydrogen (secondary N) is 4. The number of H-pyrrole nitrogens is 1. The fourth-order valence-corrected chi connectivity index (χ4v) is 3.90. The molecule has 0 bridgehead atoms. The summed E-state index contributed by atoms with van der Waals surface area (Å²) in [5, 5.41) is 13.4. The number of rotatable bonds is 6. The van der Waals surface area contributed by atoms with Crippen LogP contribution in [0.4, 0.5) is 10.6 Å². The minimum atomic E-state index is -0.496. The van der Waals surface area contributed by atoms with Crippen LogP contribution in [-0.2, 0) is 4.74 Å². The van der Waals surface area contributed by atoms with Crippen LogP contribution in [0.15, 0.2) is 12.4 Å². The molecule has 168 valence electrons. The second-order valence-electron chi connectivity index (χ2n) is 9.06. The predicted molar refractivity (Wildman–Crippen MR) is 117 cm³/mol. The Hall–Kier alpha value is -3.17. The third kappa shape index (κ3) is 5.71. The van der Waals surface area contributed by atoms with Gasteiger partial charge < -0.3 is 26.1 Å². The van der Waals surface area contributed by atoms with Crippen molar-refractivity contribution >= 4 is 35.3 Å². The van der Waals surface area contributed by atoms with Crippen molar-refractivity contribution in [3.8, 4) is 0 Å². The number of ether oxygens (including phenoxy) is 1. The van der Waals surface area contributed by atoms with Crippen molar-refractivity contribution in [2.24, 2.45) is 11.8 Å². The first kappa shape index (κ1) is 22.5. The van der Waals surface area contributed by atoms with Crippen molar-refractivity contribution < 1.29 is 18.9 Å². The second kappa shape index (κ2) is 9.32. The summed E-state index contributed by atoms with van der Waals surface area (Å²) in [5.41, 5.74) is 6.78. The van der Waals surface area contributed by atoms with E-state index in [0.29, 0.717) is 41.7 Å². The van der Waals surface area contributed by atoms with Crippen molar-refractivity contribution in [2.75, 3.05) is 18.8 Å². The molecule has 1 aliphatic rings. The van der Waals surface area contributed by atoms with Gasteiger partial charge in [0.1, 0.15) is 11.8 Å². The number of aromatic amines is 1. The van der Waals surface area contributed by atoms with E-state index in [1.807, 2.05) is 20.8 Å². The molecule has 1 fully saturated rings. The highest BCUT2D eigenvalue weighted by Gasteiger charge is 2.25. The molecule has 0 aliphatic heterocycles. The molecule has 2 heterocycles.